The van der Waals surface area contributed by atoms with Gasteiger partial charge in [0, 0.05) is 38.3 Å². The third kappa shape index (κ3) is 3.43. The number of imidazole rings is 1. The average molecular weight is 355 g/mol. The van der Waals surface area contributed by atoms with E-state index in [1.807, 2.05) is 17.3 Å². The minimum Gasteiger partial charge on any atom is -0.352 e. The molecule has 7 nitrogen and oxygen atoms in total. The summed E-state index contributed by atoms with van der Waals surface area (Å²) in [5, 5.41) is 2.91. The number of rotatable bonds is 6. The number of hydrogen-bond donors (Lipinski definition) is 1. The van der Waals surface area contributed by atoms with Crippen molar-refractivity contribution in [1.29, 1.82) is 0 Å². The van der Waals surface area contributed by atoms with Crippen molar-refractivity contribution in [1.82, 2.24) is 24.8 Å². The van der Waals surface area contributed by atoms with Gasteiger partial charge in [-0.05, 0) is 31.7 Å². The minimum absolute atomic E-state index is 0.137. The normalized spacial score (nSPS) is 18.2. The highest BCUT2D eigenvalue weighted by Gasteiger charge is 2.21. The molecule has 0 spiro atoms. The number of carbonyl (C=O) groups is 2. The van der Waals surface area contributed by atoms with Gasteiger partial charge in [0.2, 0.25) is 5.91 Å². The molecule has 1 saturated carbocycles. The number of nitrogens with zero attached hydrogens (tertiary/aromatic N) is 4. The third-order valence-electron chi connectivity index (χ3n) is 5.46. The van der Waals surface area contributed by atoms with E-state index in [-0.39, 0.29) is 11.8 Å². The molecule has 1 N–H and O–H groups in total. The summed E-state index contributed by atoms with van der Waals surface area (Å²) in [7, 11) is 0. The molecule has 26 heavy (non-hydrogen) atoms. The molecule has 7 heteroatoms. The van der Waals surface area contributed by atoms with Crippen LogP contribution < -0.4 is 5.32 Å². The zero-order valence-electron chi connectivity index (χ0n) is 15.0. The molecule has 0 aromatic carbocycles. The Labute approximate surface area is 152 Å². The summed E-state index contributed by atoms with van der Waals surface area (Å²) in [6.07, 6.45) is 10.7. The summed E-state index contributed by atoms with van der Waals surface area (Å²) in [4.78, 5) is 34.7. The van der Waals surface area contributed by atoms with E-state index in [0.717, 1.165) is 30.6 Å². The Kier molecular flexibility index (Phi) is 4.86. The number of hydrogen-bond acceptors (Lipinski definition) is 4. The Balaban J connectivity index is 1.34. The predicted octanol–water partition coefficient (Wildman–Crippen LogP) is 2.29. The highest BCUT2D eigenvalue weighted by Crippen LogP contribution is 2.31. The van der Waals surface area contributed by atoms with E-state index in [1.165, 1.54) is 25.7 Å². The van der Waals surface area contributed by atoms with Gasteiger partial charge in [-0.3, -0.25) is 9.59 Å². The summed E-state index contributed by atoms with van der Waals surface area (Å²) >= 11 is 0. The van der Waals surface area contributed by atoms with Gasteiger partial charge in [-0.15, -0.1) is 0 Å². The fraction of sp³-hybridized carbons (Fsp3) is 0.579. The Morgan fingerprint density at radius 2 is 2.08 bits per heavy atom. The van der Waals surface area contributed by atoms with Gasteiger partial charge in [-0.2, -0.15) is 0 Å². The molecule has 0 atom stereocenters. The molecule has 138 valence electrons. The third-order valence-corrected chi connectivity index (χ3v) is 5.46. The molecule has 1 saturated heterocycles. The Hall–Kier alpha value is -2.44. The van der Waals surface area contributed by atoms with Crippen LogP contribution in [0.1, 0.15) is 61.3 Å². The van der Waals surface area contributed by atoms with E-state index in [9.17, 15) is 9.59 Å². The second-order valence-corrected chi connectivity index (χ2v) is 7.25. The quantitative estimate of drug-likeness (QED) is 0.806. The van der Waals surface area contributed by atoms with Crippen LogP contribution in [0.5, 0.6) is 0 Å². The lowest BCUT2D eigenvalue weighted by molar-refractivity contribution is -0.127. The first-order valence-corrected chi connectivity index (χ1v) is 9.61. The molecule has 0 bridgehead atoms. The van der Waals surface area contributed by atoms with Gasteiger partial charge < -0.3 is 14.8 Å². The van der Waals surface area contributed by atoms with Crippen molar-refractivity contribution in [3.8, 4) is 0 Å². The first-order valence-electron chi connectivity index (χ1n) is 9.61. The van der Waals surface area contributed by atoms with Crippen LogP contribution in [0.3, 0.4) is 0 Å². The summed E-state index contributed by atoms with van der Waals surface area (Å²) in [5.41, 5.74) is 2.17. The lowest BCUT2D eigenvalue weighted by atomic mass is 10.2. The fourth-order valence-corrected chi connectivity index (χ4v) is 4.01. The monoisotopic (exact) mass is 355 g/mol. The first-order chi connectivity index (χ1) is 12.7. The molecule has 2 aromatic heterocycles. The van der Waals surface area contributed by atoms with E-state index in [2.05, 4.69) is 19.9 Å². The summed E-state index contributed by atoms with van der Waals surface area (Å²) < 4.78 is 2.15. The van der Waals surface area contributed by atoms with E-state index in [0.29, 0.717) is 31.1 Å². The van der Waals surface area contributed by atoms with Gasteiger partial charge in [-0.1, -0.05) is 12.8 Å². The number of carbonyl (C=O) groups excluding carboxylic acids is 2. The van der Waals surface area contributed by atoms with Crippen LogP contribution in [0.4, 0.5) is 0 Å². The molecule has 2 aliphatic rings. The number of likely N-dealkylation sites (tertiary alicyclic amines) is 1. The van der Waals surface area contributed by atoms with Crippen molar-refractivity contribution in [2.24, 2.45) is 0 Å². The van der Waals surface area contributed by atoms with Crippen LogP contribution in [0.2, 0.25) is 0 Å². The molecular formula is C19H25N5O2. The molecule has 2 fully saturated rings. The number of nitrogens with one attached hydrogen (secondary N) is 1. The molecule has 2 amide bonds. The summed E-state index contributed by atoms with van der Waals surface area (Å²) in [6.45, 7) is 2.11. The van der Waals surface area contributed by atoms with Crippen molar-refractivity contribution in [2.45, 2.75) is 51.0 Å². The molecular weight excluding hydrogens is 330 g/mol. The van der Waals surface area contributed by atoms with Gasteiger partial charge in [0.05, 0.1) is 11.9 Å². The molecule has 0 radical (unpaired) electrons. The molecule has 0 unspecified atom stereocenters. The summed E-state index contributed by atoms with van der Waals surface area (Å²) in [5.74, 6) is 0.0893. The van der Waals surface area contributed by atoms with Crippen LogP contribution in [0, 0.1) is 0 Å². The maximum Gasteiger partial charge on any atom is 0.252 e. The van der Waals surface area contributed by atoms with Crippen LogP contribution in [0.25, 0.3) is 11.2 Å². The van der Waals surface area contributed by atoms with E-state index in [4.69, 9.17) is 0 Å². The van der Waals surface area contributed by atoms with Gasteiger partial charge in [0.1, 0.15) is 5.52 Å². The van der Waals surface area contributed by atoms with Crippen LogP contribution >= 0.6 is 0 Å². The van der Waals surface area contributed by atoms with Gasteiger partial charge in [0.15, 0.2) is 5.65 Å². The lowest BCUT2D eigenvalue weighted by Gasteiger charge is -2.15. The molecule has 2 aromatic rings. The topological polar surface area (TPSA) is 80.1 Å². The first kappa shape index (κ1) is 17.0. The average Bonchev–Trinajstić information content (AvgIpc) is 3.38. The Bertz CT molecular complexity index is 809. The van der Waals surface area contributed by atoms with E-state index >= 15 is 0 Å². The zero-order chi connectivity index (χ0) is 17.9. The largest absolute Gasteiger partial charge is 0.352 e. The molecule has 1 aliphatic heterocycles. The maximum atomic E-state index is 12.3. The lowest BCUT2D eigenvalue weighted by Crippen LogP contribution is -2.30. The van der Waals surface area contributed by atoms with Crippen molar-refractivity contribution in [3.63, 3.8) is 0 Å². The van der Waals surface area contributed by atoms with Gasteiger partial charge in [0.25, 0.3) is 5.91 Å². The van der Waals surface area contributed by atoms with Crippen molar-refractivity contribution in [2.75, 3.05) is 19.6 Å². The molecule has 1 aliphatic carbocycles. The van der Waals surface area contributed by atoms with Crippen LogP contribution in [-0.4, -0.2) is 50.9 Å². The number of fused-ring (bicyclic) bond motifs is 1. The molecule has 4 rings (SSSR count). The number of pyridine rings is 1. The zero-order valence-corrected chi connectivity index (χ0v) is 15.0. The van der Waals surface area contributed by atoms with Crippen molar-refractivity contribution in [3.05, 3.63) is 24.2 Å². The Morgan fingerprint density at radius 3 is 2.85 bits per heavy atom. The smallest absolute Gasteiger partial charge is 0.252 e. The second-order valence-electron chi connectivity index (χ2n) is 7.25. The number of amides is 2. The van der Waals surface area contributed by atoms with Crippen LogP contribution in [0.15, 0.2) is 18.6 Å². The standard InChI is InChI=1S/C19H25N5O2/c25-17-7-3-9-23(17)10-4-8-20-19(26)14-11-16-18(21-12-14)24(13-22-16)15-5-1-2-6-15/h11-13,15H,1-10H2,(H,20,26). The SMILES string of the molecule is O=C(NCCCN1CCCC1=O)c1cnc2c(c1)ncn2C1CCCC1. The van der Waals surface area contributed by atoms with E-state index in [1.54, 1.807) is 6.20 Å². The Morgan fingerprint density at radius 1 is 1.23 bits per heavy atom. The molecule has 3 heterocycles. The highest BCUT2D eigenvalue weighted by molar-refractivity contribution is 5.96. The maximum absolute atomic E-state index is 12.3. The van der Waals surface area contributed by atoms with Gasteiger partial charge in [-0.25, -0.2) is 9.97 Å². The van der Waals surface area contributed by atoms with Crippen molar-refractivity contribution >= 4 is 23.0 Å². The second kappa shape index (κ2) is 7.43. The predicted molar refractivity (Wildman–Crippen MR) is 97.8 cm³/mol. The summed E-state index contributed by atoms with van der Waals surface area (Å²) in [6, 6.07) is 2.30. The van der Waals surface area contributed by atoms with Gasteiger partial charge >= 0.3 is 0 Å². The minimum atomic E-state index is -0.137. The van der Waals surface area contributed by atoms with Crippen molar-refractivity contribution < 1.29 is 9.59 Å². The number of aromatic nitrogens is 3. The fourth-order valence-electron chi connectivity index (χ4n) is 4.01. The van der Waals surface area contributed by atoms with Crippen LogP contribution in [-0.2, 0) is 4.79 Å². The highest BCUT2D eigenvalue weighted by atomic mass is 16.2. The van der Waals surface area contributed by atoms with E-state index < -0.39 is 0 Å².